The van der Waals surface area contributed by atoms with E-state index in [-0.39, 0.29) is 17.9 Å². The number of amides is 3. The number of alkyl halides is 3. The number of hydrogen-bond acceptors (Lipinski definition) is 12. The molecule has 2 unspecified atom stereocenters. The lowest BCUT2D eigenvalue weighted by Crippen LogP contribution is -2.60. The maximum absolute atomic E-state index is 13.7. The number of nitrogens with zero attached hydrogens (tertiary/aromatic N) is 1. The topological polar surface area (TPSA) is 199 Å². The third kappa shape index (κ3) is 11.9. The Morgan fingerprint density at radius 3 is 1.94 bits per heavy atom. The van der Waals surface area contributed by atoms with E-state index >= 15 is 0 Å². The molecule has 3 amide bonds. The molecule has 0 bridgehead atoms. The molecule has 4 atom stereocenters. The van der Waals surface area contributed by atoms with Crippen LogP contribution >= 0.6 is 11.3 Å². The normalized spacial score (nSPS) is 14.8. The summed E-state index contributed by atoms with van der Waals surface area (Å²) in [5, 5.41) is 19.2. The number of rotatable bonds is 18. The van der Waals surface area contributed by atoms with Crippen LogP contribution in [0.2, 0.25) is 0 Å². The molecule has 19 heteroatoms. The summed E-state index contributed by atoms with van der Waals surface area (Å²) in [6, 6.07) is 6.46. The number of thiazole rings is 1. The number of aromatic nitrogens is 1. The van der Waals surface area contributed by atoms with Gasteiger partial charge in [0.25, 0.3) is 16.0 Å². The molecule has 2 aromatic carbocycles. The molecule has 3 aromatic rings. The van der Waals surface area contributed by atoms with Crippen LogP contribution in [-0.4, -0.2) is 99.8 Å². The lowest BCUT2D eigenvalue weighted by Gasteiger charge is -2.29. The number of aryl methyl sites for hydroxylation is 1. The van der Waals surface area contributed by atoms with Crippen molar-refractivity contribution in [3.63, 3.8) is 0 Å². The van der Waals surface area contributed by atoms with E-state index in [4.69, 9.17) is 13.7 Å². The lowest BCUT2D eigenvalue weighted by atomic mass is 9.91. The summed E-state index contributed by atoms with van der Waals surface area (Å²) in [7, 11) is -2.20. The molecule has 0 fully saturated rings. The predicted molar refractivity (Wildman–Crippen MR) is 176 cm³/mol. The van der Waals surface area contributed by atoms with Crippen molar-refractivity contribution in [1.29, 1.82) is 0 Å². The van der Waals surface area contributed by atoms with Crippen molar-refractivity contribution in [2.45, 2.75) is 55.1 Å². The van der Waals surface area contributed by atoms with Crippen molar-refractivity contribution in [1.82, 2.24) is 20.9 Å². The van der Waals surface area contributed by atoms with Crippen LogP contribution in [-0.2, 0) is 50.8 Å². The quantitative estimate of drug-likeness (QED) is 0.138. The zero-order chi connectivity index (χ0) is 38.0. The van der Waals surface area contributed by atoms with Gasteiger partial charge in [-0.15, -0.1) is 11.3 Å². The molecular weight excluding hydrogens is 721 g/mol. The van der Waals surface area contributed by atoms with Gasteiger partial charge in [0, 0.05) is 14.2 Å². The summed E-state index contributed by atoms with van der Waals surface area (Å²) >= 11 is 1.10. The van der Waals surface area contributed by atoms with Gasteiger partial charge in [-0.1, -0.05) is 30.3 Å². The van der Waals surface area contributed by atoms with E-state index in [1.807, 2.05) is 0 Å². The fourth-order valence-electron chi connectivity index (χ4n) is 4.52. The van der Waals surface area contributed by atoms with Crippen LogP contribution in [0.25, 0.3) is 0 Å². The zero-order valence-electron chi connectivity index (χ0n) is 27.9. The molecule has 1 aromatic heterocycles. The number of carbonyl (C=O) groups excluding carboxylic acids is 4. The van der Waals surface area contributed by atoms with Gasteiger partial charge in [0.05, 0.1) is 40.9 Å². The first-order valence-corrected chi connectivity index (χ1v) is 17.3. The van der Waals surface area contributed by atoms with Crippen molar-refractivity contribution in [2.24, 2.45) is 0 Å². The monoisotopic (exact) mass is 758 g/mol. The summed E-state index contributed by atoms with van der Waals surface area (Å²) in [4.78, 5) is 56.8. The van der Waals surface area contributed by atoms with Gasteiger partial charge in [0.2, 0.25) is 11.8 Å². The fourth-order valence-corrected chi connectivity index (χ4v) is 6.19. The number of hydrogen-bond donors (Lipinski definition) is 4. The van der Waals surface area contributed by atoms with Gasteiger partial charge >= 0.3 is 6.18 Å². The number of benzene rings is 2. The molecule has 1 heterocycles. The van der Waals surface area contributed by atoms with Crippen LogP contribution in [0.15, 0.2) is 65.7 Å². The Hall–Kier alpha value is -4.27. The standard InChI is InChI=1S/C32H37F3N4O10S2/c1-19-36-15-26(50-19)30(43)39-25(17-48-4)29(42)38-24(16-47-3)28(41)37-23(14-20-8-6-5-7-9-20)27(40)31(2,44)18-49-51(45,46)22-12-10-21(11-13-22)32(33,34)35/h5-13,15,23-25,44H,14,16-18H2,1-4H3,(H,37,41)(H,38,42)(H,39,43)/t23?,24-,25?,31-/m0/s1. The van der Waals surface area contributed by atoms with Crippen LogP contribution in [0.5, 0.6) is 0 Å². The number of ketones is 1. The Balaban J connectivity index is 1.79. The van der Waals surface area contributed by atoms with Crippen LogP contribution in [0.1, 0.15) is 32.7 Å². The maximum atomic E-state index is 13.7. The SMILES string of the molecule is COCC(NC(=O)c1cnc(C)s1)C(=O)N[C@@H](COC)C(=O)NC(Cc1ccccc1)C(=O)[C@@](C)(O)COS(=O)(=O)c1ccc(C(F)(F)F)cc1. The second-order valence-corrected chi connectivity index (χ2v) is 14.2. The molecule has 14 nitrogen and oxygen atoms in total. The predicted octanol–water partition coefficient (Wildman–Crippen LogP) is 1.80. The van der Waals surface area contributed by atoms with Gasteiger partial charge in [0.15, 0.2) is 5.78 Å². The number of nitrogens with one attached hydrogen (secondary N) is 3. The summed E-state index contributed by atoms with van der Waals surface area (Å²) in [6.45, 7) is 0.813. The highest BCUT2D eigenvalue weighted by atomic mass is 32.2. The number of ether oxygens (including phenoxy) is 2. The molecule has 4 N–H and O–H groups in total. The minimum Gasteiger partial charge on any atom is -0.382 e. The third-order valence-electron chi connectivity index (χ3n) is 7.18. The molecule has 0 aliphatic heterocycles. The van der Waals surface area contributed by atoms with Crippen molar-refractivity contribution >= 4 is 45.0 Å². The van der Waals surface area contributed by atoms with Crippen LogP contribution in [0, 0.1) is 6.92 Å². The zero-order valence-corrected chi connectivity index (χ0v) is 29.5. The first-order valence-electron chi connectivity index (χ1n) is 15.1. The van der Waals surface area contributed by atoms with Crippen molar-refractivity contribution in [3.05, 3.63) is 81.8 Å². The first kappa shape index (κ1) is 41.2. The van der Waals surface area contributed by atoms with Crippen LogP contribution in [0.4, 0.5) is 13.2 Å². The number of methoxy groups -OCH3 is 2. The lowest BCUT2D eigenvalue weighted by molar-refractivity contribution is -0.143. The van der Waals surface area contributed by atoms with Crippen molar-refractivity contribution < 1.29 is 59.5 Å². The molecule has 0 spiro atoms. The average Bonchev–Trinajstić information content (AvgIpc) is 3.52. The Kier molecular flexibility index (Phi) is 14.3. The second-order valence-electron chi connectivity index (χ2n) is 11.4. The van der Waals surface area contributed by atoms with E-state index in [1.54, 1.807) is 37.3 Å². The molecule has 0 aliphatic rings. The number of carbonyl (C=O) groups is 4. The Morgan fingerprint density at radius 1 is 0.882 bits per heavy atom. The molecule has 278 valence electrons. The number of Topliss-reactive ketones (excluding diaryl/α,β-unsaturated/α-hetero) is 1. The second kappa shape index (κ2) is 17.8. The smallest absolute Gasteiger partial charge is 0.382 e. The molecule has 0 aliphatic carbocycles. The van der Waals surface area contributed by atoms with Crippen LogP contribution in [0.3, 0.4) is 0 Å². The minimum atomic E-state index is -4.74. The molecule has 3 rings (SSSR count). The van der Waals surface area contributed by atoms with E-state index in [9.17, 15) is 45.9 Å². The van der Waals surface area contributed by atoms with Gasteiger partial charge in [0.1, 0.15) is 29.2 Å². The van der Waals surface area contributed by atoms with Crippen molar-refractivity contribution in [2.75, 3.05) is 34.0 Å². The maximum Gasteiger partial charge on any atom is 0.416 e. The molecule has 0 saturated carbocycles. The molecule has 0 radical (unpaired) electrons. The van der Waals surface area contributed by atoms with Gasteiger partial charge in [-0.3, -0.25) is 23.4 Å². The largest absolute Gasteiger partial charge is 0.416 e. The van der Waals surface area contributed by atoms with Gasteiger partial charge in [-0.2, -0.15) is 21.6 Å². The number of aliphatic hydroxyl groups is 1. The van der Waals surface area contributed by atoms with E-state index in [1.165, 1.54) is 20.4 Å². The number of halogens is 3. The van der Waals surface area contributed by atoms with E-state index in [0.29, 0.717) is 34.8 Å². The average molecular weight is 759 g/mol. The molecule has 51 heavy (non-hydrogen) atoms. The summed E-state index contributed by atoms with van der Waals surface area (Å²) in [6.07, 6.45) is -3.57. The summed E-state index contributed by atoms with van der Waals surface area (Å²) in [5.74, 6) is -3.46. The summed E-state index contributed by atoms with van der Waals surface area (Å²) < 4.78 is 79.3. The third-order valence-corrected chi connectivity index (χ3v) is 9.37. The van der Waals surface area contributed by atoms with Gasteiger partial charge < -0.3 is 30.5 Å². The van der Waals surface area contributed by atoms with E-state index in [2.05, 4.69) is 20.9 Å². The van der Waals surface area contributed by atoms with E-state index < -0.39 is 87.2 Å². The molecular formula is C32H37F3N4O10S2. The fraction of sp³-hybridized carbons (Fsp3) is 0.406. The Bertz CT molecular complexity index is 1770. The van der Waals surface area contributed by atoms with E-state index in [0.717, 1.165) is 18.3 Å². The highest BCUT2D eigenvalue weighted by Crippen LogP contribution is 2.30. The van der Waals surface area contributed by atoms with Gasteiger partial charge in [-0.25, -0.2) is 4.98 Å². The minimum absolute atomic E-state index is 0.197. The summed E-state index contributed by atoms with van der Waals surface area (Å²) in [5.41, 5.74) is -3.14. The Morgan fingerprint density at radius 2 is 1.43 bits per heavy atom. The highest BCUT2D eigenvalue weighted by molar-refractivity contribution is 7.86. The molecule has 0 saturated heterocycles. The van der Waals surface area contributed by atoms with Crippen LogP contribution < -0.4 is 16.0 Å². The highest BCUT2D eigenvalue weighted by Gasteiger charge is 2.40. The Labute approximate surface area is 295 Å². The van der Waals surface area contributed by atoms with Crippen molar-refractivity contribution in [3.8, 4) is 0 Å². The van der Waals surface area contributed by atoms with Gasteiger partial charge in [-0.05, 0) is 50.1 Å². The first-order chi connectivity index (χ1) is 23.9.